The van der Waals surface area contributed by atoms with Crippen molar-refractivity contribution in [3.05, 3.63) is 100 Å². The number of hydrogen-bond acceptors (Lipinski definition) is 3. The van der Waals surface area contributed by atoms with Gasteiger partial charge in [-0.1, -0.05) is 68.8 Å². The largest absolute Gasteiger partial charge is 0.489 e. The normalized spacial score (nSPS) is 11.5. The minimum absolute atomic E-state index is 0.0494. The zero-order valence-corrected chi connectivity index (χ0v) is 18.1. The van der Waals surface area contributed by atoms with Crippen molar-refractivity contribution in [1.82, 2.24) is 5.43 Å². The van der Waals surface area contributed by atoms with Crippen LogP contribution in [0.15, 0.2) is 77.9 Å². The molecule has 3 rings (SSSR count). The maximum absolute atomic E-state index is 12.3. The van der Waals surface area contributed by atoms with Crippen LogP contribution in [0.2, 0.25) is 5.02 Å². The van der Waals surface area contributed by atoms with E-state index in [9.17, 15) is 4.79 Å². The predicted octanol–water partition coefficient (Wildman–Crippen LogP) is 5.98. The lowest BCUT2D eigenvalue weighted by molar-refractivity contribution is 0.0955. The Labute approximate surface area is 182 Å². The van der Waals surface area contributed by atoms with Gasteiger partial charge in [0.15, 0.2) is 0 Å². The molecule has 0 heterocycles. The summed E-state index contributed by atoms with van der Waals surface area (Å²) in [7, 11) is 0. The maximum atomic E-state index is 12.3. The van der Waals surface area contributed by atoms with Crippen LogP contribution in [-0.4, -0.2) is 12.1 Å². The molecule has 0 saturated heterocycles. The molecule has 0 radical (unpaired) electrons. The Morgan fingerprint density at radius 3 is 2.40 bits per heavy atom. The monoisotopic (exact) mass is 420 g/mol. The number of nitrogens with one attached hydrogen (secondary N) is 1. The minimum Gasteiger partial charge on any atom is -0.489 e. The smallest absolute Gasteiger partial charge is 0.271 e. The summed E-state index contributed by atoms with van der Waals surface area (Å²) in [5.74, 6) is 0.472. The number of ether oxygens (including phenoxy) is 1. The van der Waals surface area contributed by atoms with E-state index < -0.39 is 0 Å². The SMILES string of the molecule is CC(C)(C)c1ccc(C(=O)N/N=C/c2cccc(OCc3ccc(Cl)cc3)c2)cc1. The van der Waals surface area contributed by atoms with Crippen LogP contribution in [0.5, 0.6) is 5.75 Å². The molecular formula is C25H25ClN2O2. The predicted molar refractivity (Wildman–Crippen MR) is 122 cm³/mol. The molecule has 3 aromatic rings. The third kappa shape index (κ3) is 6.19. The van der Waals surface area contributed by atoms with Crippen molar-refractivity contribution in [2.24, 2.45) is 5.10 Å². The molecule has 0 atom stereocenters. The Morgan fingerprint density at radius 2 is 1.73 bits per heavy atom. The van der Waals surface area contributed by atoms with Crippen LogP contribution >= 0.6 is 11.6 Å². The second kappa shape index (κ2) is 9.59. The summed E-state index contributed by atoms with van der Waals surface area (Å²) in [6.45, 7) is 6.86. The summed E-state index contributed by atoms with van der Waals surface area (Å²) in [4.78, 5) is 12.3. The molecule has 1 N–H and O–H groups in total. The van der Waals surface area contributed by atoms with Crippen molar-refractivity contribution in [1.29, 1.82) is 0 Å². The van der Waals surface area contributed by atoms with Gasteiger partial charge in [-0.25, -0.2) is 5.43 Å². The Balaban J connectivity index is 1.56. The van der Waals surface area contributed by atoms with Crippen molar-refractivity contribution >= 4 is 23.7 Å². The summed E-state index contributed by atoms with van der Waals surface area (Å²) in [6, 6.07) is 22.6. The molecule has 0 fully saturated rings. The summed E-state index contributed by atoms with van der Waals surface area (Å²) >= 11 is 5.90. The first-order chi connectivity index (χ1) is 14.3. The standard InChI is InChI=1S/C25H25ClN2O2/c1-25(2,3)21-11-9-20(10-12-21)24(29)28-27-16-19-5-4-6-23(15-19)30-17-18-7-13-22(26)14-8-18/h4-16H,17H2,1-3H3,(H,28,29)/b27-16+. The first kappa shape index (κ1) is 21.6. The first-order valence-corrected chi connectivity index (χ1v) is 10.1. The van der Waals surface area contributed by atoms with Crippen LogP contribution in [0, 0.1) is 0 Å². The van der Waals surface area contributed by atoms with Crippen LogP contribution in [0.4, 0.5) is 0 Å². The lowest BCUT2D eigenvalue weighted by Crippen LogP contribution is -2.18. The maximum Gasteiger partial charge on any atom is 0.271 e. The highest BCUT2D eigenvalue weighted by molar-refractivity contribution is 6.30. The van der Waals surface area contributed by atoms with Gasteiger partial charge in [-0.15, -0.1) is 0 Å². The summed E-state index contributed by atoms with van der Waals surface area (Å²) < 4.78 is 5.82. The van der Waals surface area contributed by atoms with Crippen LogP contribution < -0.4 is 10.2 Å². The quantitative estimate of drug-likeness (QED) is 0.394. The van der Waals surface area contributed by atoms with Gasteiger partial charge in [0.05, 0.1) is 6.21 Å². The first-order valence-electron chi connectivity index (χ1n) is 9.72. The van der Waals surface area contributed by atoms with E-state index >= 15 is 0 Å². The lowest BCUT2D eigenvalue weighted by atomic mass is 9.87. The van der Waals surface area contributed by atoms with E-state index in [0.29, 0.717) is 17.2 Å². The van der Waals surface area contributed by atoms with Crippen LogP contribution in [0.3, 0.4) is 0 Å². The zero-order chi connectivity index (χ0) is 21.6. The number of amides is 1. The number of nitrogens with zero attached hydrogens (tertiary/aromatic N) is 1. The number of hydrazone groups is 1. The Bertz CT molecular complexity index is 1020. The van der Waals surface area contributed by atoms with Gasteiger partial charge in [-0.05, 0) is 58.5 Å². The van der Waals surface area contributed by atoms with E-state index in [0.717, 1.165) is 16.9 Å². The molecule has 0 spiro atoms. The summed E-state index contributed by atoms with van der Waals surface area (Å²) in [6.07, 6.45) is 1.59. The summed E-state index contributed by atoms with van der Waals surface area (Å²) in [5.41, 5.74) is 6.22. The highest BCUT2D eigenvalue weighted by Crippen LogP contribution is 2.22. The lowest BCUT2D eigenvalue weighted by Gasteiger charge is -2.18. The molecule has 0 saturated carbocycles. The highest BCUT2D eigenvalue weighted by Gasteiger charge is 2.14. The fourth-order valence-electron chi connectivity index (χ4n) is 2.78. The van der Waals surface area contributed by atoms with Crippen LogP contribution in [0.1, 0.15) is 47.8 Å². The Morgan fingerprint density at radius 1 is 1.03 bits per heavy atom. The van der Waals surface area contributed by atoms with E-state index in [-0.39, 0.29) is 11.3 Å². The molecule has 5 heteroatoms. The third-order valence-electron chi connectivity index (χ3n) is 4.57. The molecule has 0 aliphatic carbocycles. The minimum atomic E-state index is -0.248. The van der Waals surface area contributed by atoms with Crippen molar-refractivity contribution in [2.75, 3.05) is 0 Å². The zero-order valence-electron chi connectivity index (χ0n) is 17.4. The highest BCUT2D eigenvalue weighted by atomic mass is 35.5. The number of carbonyl (C=O) groups excluding carboxylic acids is 1. The Kier molecular flexibility index (Phi) is 6.91. The van der Waals surface area contributed by atoms with E-state index in [1.165, 1.54) is 5.56 Å². The molecule has 4 nitrogen and oxygen atoms in total. The van der Waals surface area contributed by atoms with E-state index in [1.807, 2.05) is 72.8 Å². The van der Waals surface area contributed by atoms with Gasteiger partial charge in [0.2, 0.25) is 0 Å². The van der Waals surface area contributed by atoms with Crippen LogP contribution in [0.25, 0.3) is 0 Å². The van der Waals surface area contributed by atoms with E-state index in [1.54, 1.807) is 6.21 Å². The molecule has 30 heavy (non-hydrogen) atoms. The average molecular weight is 421 g/mol. The number of rotatable bonds is 6. The van der Waals surface area contributed by atoms with Gasteiger partial charge in [-0.3, -0.25) is 4.79 Å². The van der Waals surface area contributed by atoms with E-state index in [4.69, 9.17) is 16.3 Å². The summed E-state index contributed by atoms with van der Waals surface area (Å²) in [5, 5.41) is 4.76. The molecule has 0 unspecified atom stereocenters. The van der Waals surface area contributed by atoms with Crippen molar-refractivity contribution in [3.8, 4) is 5.75 Å². The fraction of sp³-hybridized carbons (Fsp3) is 0.200. The molecule has 154 valence electrons. The van der Waals surface area contributed by atoms with Gasteiger partial charge in [-0.2, -0.15) is 5.10 Å². The van der Waals surface area contributed by atoms with Gasteiger partial charge >= 0.3 is 0 Å². The second-order valence-corrected chi connectivity index (χ2v) is 8.45. The van der Waals surface area contributed by atoms with Gasteiger partial charge in [0, 0.05) is 10.6 Å². The molecule has 0 aliphatic rings. The fourth-order valence-corrected chi connectivity index (χ4v) is 2.91. The second-order valence-electron chi connectivity index (χ2n) is 8.01. The Hall–Kier alpha value is -3.11. The van der Waals surface area contributed by atoms with Gasteiger partial charge in [0.1, 0.15) is 12.4 Å². The molecule has 0 aliphatic heterocycles. The van der Waals surface area contributed by atoms with Crippen molar-refractivity contribution in [2.45, 2.75) is 32.8 Å². The van der Waals surface area contributed by atoms with Gasteiger partial charge < -0.3 is 4.74 Å². The number of halogens is 1. The number of benzene rings is 3. The topological polar surface area (TPSA) is 50.7 Å². The van der Waals surface area contributed by atoms with Crippen LogP contribution in [-0.2, 0) is 12.0 Å². The molecule has 0 bridgehead atoms. The number of carbonyl (C=O) groups is 1. The van der Waals surface area contributed by atoms with Gasteiger partial charge in [0.25, 0.3) is 5.91 Å². The molecule has 0 aromatic heterocycles. The molecule has 1 amide bonds. The van der Waals surface area contributed by atoms with E-state index in [2.05, 4.69) is 31.3 Å². The number of hydrogen-bond donors (Lipinski definition) is 1. The molecular weight excluding hydrogens is 396 g/mol. The van der Waals surface area contributed by atoms with Crippen molar-refractivity contribution < 1.29 is 9.53 Å². The average Bonchev–Trinajstić information content (AvgIpc) is 2.73. The third-order valence-corrected chi connectivity index (χ3v) is 4.82. The molecule has 3 aromatic carbocycles. The van der Waals surface area contributed by atoms with Crippen molar-refractivity contribution in [3.63, 3.8) is 0 Å².